The predicted octanol–water partition coefficient (Wildman–Crippen LogP) is 3.26. The summed E-state index contributed by atoms with van der Waals surface area (Å²) in [6.07, 6.45) is 6.55. The average Bonchev–Trinajstić information content (AvgIpc) is 2.61. The van der Waals surface area contributed by atoms with Crippen molar-refractivity contribution in [3.05, 3.63) is 58.4 Å². The van der Waals surface area contributed by atoms with Crippen LogP contribution in [0.3, 0.4) is 0 Å². The highest BCUT2D eigenvalue weighted by atomic mass is 35.5. The van der Waals surface area contributed by atoms with Crippen molar-refractivity contribution in [2.75, 3.05) is 13.7 Å². The minimum Gasteiger partial charge on any atom is -0.493 e. The number of amides is 1. The van der Waals surface area contributed by atoms with E-state index in [1.807, 2.05) is 0 Å². The number of halogens is 2. The third-order valence-electron chi connectivity index (χ3n) is 3.04. The zero-order valence-corrected chi connectivity index (χ0v) is 14.0. The maximum absolute atomic E-state index is 12.8. The highest BCUT2D eigenvalue weighted by Gasteiger charge is 2.11. The van der Waals surface area contributed by atoms with Gasteiger partial charge in [0.15, 0.2) is 11.5 Å². The first-order chi connectivity index (χ1) is 12.0. The Balaban J connectivity index is 2.10. The molecule has 128 valence electrons. The number of nitrogens with zero attached hydrogens (tertiary/aromatic N) is 1. The molecule has 0 fully saturated rings. The SMILES string of the molecule is C#CCOc1c(Cl)cc(/C=N\NC(=O)c2ccc(F)cc2)cc1OC. The summed E-state index contributed by atoms with van der Waals surface area (Å²) >= 11 is 6.14. The molecule has 1 amide bonds. The smallest absolute Gasteiger partial charge is 0.271 e. The second-order valence-electron chi connectivity index (χ2n) is 4.73. The Labute approximate surface area is 149 Å². The summed E-state index contributed by atoms with van der Waals surface area (Å²) in [7, 11) is 1.46. The van der Waals surface area contributed by atoms with Gasteiger partial charge < -0.3 is 9.47 Å². The van der Waals surface area contributed by atoms with Crippen molar-refractivity contribution in [3.63, 3.8) is 0 Å². The summed E-state index contributed by atoms with van der Waals surface area (Å²) < 4.78 is 23.4. The van der Waals surface area contributed by atoms with Gasteiger partial charge in [-0.1, -0.05) is 17.5 Å². The number of methoxy groups -OCH3 is 1. The molecule has 0 aromatic heterocycles. The number of benzene rings is 2. The second kappa shape index (κ2) is 8.71. The predicted molar refractivity (Wildman–Crippen MR) is 93.8 cm³/mol. The van der Waals surface area contributed by atoms with E-state index in [0.29, 0.717) is 22.1 Å². The fourth-order valence-electron chi connectivity index (χ4n) is 1.90. The molecule has 0 aliphatic heterocycles. The van der Waals surface area contributed by atoms with Crippen LogP contribution in [0.25, 0.3) is 0 Å². The lowest BCUT2D eigenvalue weighted by atomic mass is 10.2. The molecular weight excluding hydrogens is 347 g/mol. The molecule has 0 heterocycles. The van der Waals surface area contributed by atoms with Gasteiger partial charge >= 0.3 is 0 Å². The largest absolute Gasteiger partial charge is 0.493 e. The zero-order chi connectivity index (χ0) is 18.2. The lowest BCUT2D eigenvalue weighted by molar-refractivity contribution is 0.0955. The van der Waals surface area contributed by atoms with Crippen LogP contribution in [0.15, 0.2) is 41.5 Å². The molecule has 25 heavy (non-hydrogen) atoms. The third-order valence-corrected chi connectivity index (χ3v) is 3.32. The van der Waals surface area contributed by atoms with Gasteiger partial charge in [0.05, 0.1) is 18.3 Å². The Morgan fingerprint density at radius 3 is 2.76 bits per heavy atom. The summed E-state index contributed by atoms with van der Waals surface area (Å²) in [5.74, 6) is 2.16. The first kappa shape index (κ1) is 18.3. The zero-order valence-electron chi connectivity index (χ0n) is 13.3. The molecule has 7 heteroatoms. The van der Waals surface area contributed by atoms with Crippen molar-refractivity contribution in [1.82, 2.24) is 5.43 Å². The monoisotopic (exact) mass is 360 g/mol. The van der Waals surface area contributed by atoms with E-state index < -0.39 is 11.7 Å². The van der Waals surface area contributed by atoms with Crippen molar-refractivity contribution < 1.29 is 18.7 Å². The van der Waals surface area contributed by atoms with Crippen LogP contribution in [0.4, 0.5) is 4.39 Å². The molecule has 5 nitrogen and oxygen atoms in total. The summed E-state index contributed by atoms with van der Waals surface area (Å²) in [6, 6.07) is 8.32. The Morgan fingerprint density at radius 2 is 2.12 bits per heavy atom. The van der Waals surface area contributed by atoms with E-state index in [9.17, 15) is 9.18 Å². The van der Waals surface area contributed by atoms with E-state index >= 15 is 0 Å². The van der Waals surface area contributed by atoms with Crippen LogP contribution in [0.2, 0.25) is 5.02 Å². The Bertz CT molecular complexity index is 829. The summed E-state index contributed by atoms with van der Waals surface area (Å²) in [5, 5.41) is 4.14. The van der Waals surface area contributed by atoms with E-state index in [4.69, 9.17) is 27.5 Å². The van der Waals surface area contributed by atoms with E-state index in [1.165, 1.54) is 37.6 Å². The van der Waals surface area contributed by atoms with Gasteiger partial charge in [-0.25, -0.2) is 9.82 Å². The number of rotatable bonds is 6. The van der Waals surface area contributed by atoms with Crippen molar-refractivity contribution >= 4 is 23.7 Å². The number of nitrogens with one attached hydrogen (secondary N) is 1. The molecule has 0 radical (unpaired) electrons. The average molecular weight is 361 g/mol. The van der Waals surface area contributed by atoms with Crippen molar-refractivity contribution in [3.8, 4) is 23.8 Å². The molecule has 0 atom stereocenters. The standard InChI is InChI=1S/C18H14ClFN2O3/c1-3-8-25-17-15(19)9-12(10-16(17)24-2)11-21-22-18(23)13-4-6-14(20)7-5-13/h1,4-7,9-11H,8H2,2H3,(H,22,23)/b21-11-. The van der Waals surface area contributed by atoms with Gasteiger partial charge in [0.2, 0.25) is 0 Å². The van der Waals surface area contributed by atoms with Crippen LogP contribution in [0, 0.1) is 18.2 Å². The van der Waals surface area contributed by atoms with Crippen molar-refractivity contribution in [2.24, 2.45) is 5.10 Å². The third kappa shape index (κ3) is 4.96. The van der Waals surface area contributed by atoms with E-state index in [2.05, 4.69) is 16.4 Å². The lowest BCUT2D eigenvalue weighted by Gasteiger charge is -2.11. The number of carbonyl (C=O) groups is 1. The molecule has 0 aliphatic carbocycles. The van der Waals surface area contributed by atoms with E-state index in [-0.39, 0.29) is 12.2 Å². The first-order valence-electron chi connectivity index (χ1n) is 7.08. The number of carbonyl (C=O) groups excluding carboxylic acids is 1. The fourth-order valence-corrected chi connectivity index (χ4v) is 2.17. The molecule has 2 aromatic carbocycles. The van der Waals surface area contributed by atoms with Gasteiger partial charge in [0, 0.05) is 5.56 Å². The van der Waals surface area contributed by atoms with Crippen LogP contribution < -0.4 is 14.9 Å². The molecule has 0 aliphatic rings. The van der Waals surface area contributed by atoms with Gasteiger partial charge in [-0.05, 0) is 42.0 Å². The molecule has 2 rings (SSSR count). The fraction of sp³-hybridized carbons (Fsp3) is 0.111. The molecule has 0 saturated carbocycles. The van der Waals surface area contributed by atoms with Gasteiger partial charge in [-0.15, -0.1) is 6.42 Å². The Hall–Kier alpha value is -3.04. The van der Waals surface area contributed by atoms with Crippen LogP contribution >= 0.6 is 11.6 Å². The van der Waals surface area contributed by atoms with Gasteiger partial charge in [0.1, 0.15) is 12.4 Å². The van der Waals surface area contributed by atoms with Gasteiger partial charge in [0.25, 0.3) is 5.91 Å². The van der Waals surface area contributed by atoms with Gasteiger partial charge in [-0.3, -0.25) is 4.79 Å². The minimum absolute atomic E-state index is 0.0528. The number of hydrogen-bond donors (Lipinski definition) is 1. The normalized spacial score (nSPS) is 10.3. The second-order valence-corrected chi connectivity index (χ2v) is 5.14. The maximum atomic E-state index is 12.8. The molecule has 2 aromatic rings. The topological polar surface area (TPSA) is 59.9 Å². The molecule has 0 spiro atoms. The summed E-state index contributed by atoms with van der Waals surface area (Å²) in [6.45, 7) is 0.0528. The number of terminal acetylenes is 1. The lowest BCUT2D eigenvalue weighted by Crippen LogP contribution is -2.17. The molecule has 1 N–H and O–H groups in total. The Kier molecular flexibility index (Phi) is 6.38. The number of ether oxygens (including phenoxy) is 2. The highest BCUT2D eigenvalue weighted by molar-refractivity contribution is 6.32. The van der Waals surface area contributed by atoms with E-state index in [0.717, 1.165) is 0 Å². The number of hydrazone groups is 1. The van der Waals surface area contributed by atoms with Gasteiger partial charge in [-0.2, -0.15) is 5.10 Å². The van der Waals surface area contributed by atoms with Crippen LogP contribution in [-0.4, -0.2) is 25.8 Å². The van der Waals surface area contributed by atoms with Crippen molar-refractivity contribution in [2.45, 2.75) is 0 Å². The molecular formula is C18H14ClFN2O3. The molecule has 0 unspecified atom stereocenters. The molecule has 0 bridgehead atoms. The van der Waals surface area contributed by atoms with E-state index in [1.54, 1.807) is 12.1 Å². The van der Waals surface area contributed by atoms with Crippen LogP contribution in [-0.2, 0) is 0 Å². The van der Waals surface area contributed by atoms with Crippen molar-refractivity contribution in [1.29, 1.82) is 0 Å². The first-order valence-corrected chi connectivity index (χ1v) is 7.45. The van der Waals surface area contributed by atoms with Crippen LogP contribution in [0.5, 0.6) is 11.5 Å². The highest BCUT2D eigenvalue weighted by Crippen LogP contribution is 2.35. The summed E-state index contributed by atoms with van der Waals surface area (Å²) in [5.41, 5.74) is 3.20. The van der Waals surface area contributed by atoms with Crippen LogP contribution in [0.1, 0.15) is 15.9 Å². The Morgan fingerprint density at radius 1 is 1.40 bits per heavy atom. The number of hydrogen-bond acceptors (Lipinski definition) is 4. The quantitative estimate of drug-likeness (QED) is 0.488. The maximum Gasteiger partial charge on any atom is 0.271 e. The summed E-state index contributed by atoms with van der Waals surface area (Å²) in [4.78, 5) is 11.9. The minimum atomic E-state index is -0.469. The molecule has 0 saturated heterocycles.